The largest absolute Gasteiger partial charge is 0.311 e. The maximum Gasteiger partial charge on any atom is 0.00979 e. The van der Waals surface area contributed by atoms with Crippen molar-refractivity contribution in [3.05, 3.63) is 0 Å². The second-order valence-electron chi connectivity index (χ2n) is 7.87. The topological polar surface area (TPSA) is 15.3 Å². The third-order valence-electron chi connectivity index (χ3n) is 6.62. The number of rotatable bonds is 3. The molecule has 1 saturated heterocycles. The van der Waals surface area contributed by atoms with Gasteiger partial charge in [0, 0.05) is 18.1 Å². The third-order valence-corrected chi connectivity index (χ3v) is 6.62. The number of nitrogens with one attached hydrogen (secondary N) is 1. The average Bonchev–Trinajstić information content (AvgIpc) is 3.05. The highest BCUT2D eigenvalue weighted by Gasteiger charge is 2.43. The molecule has 1 N–H and O–H groups in total. The van der Waals surface area contributed by atoms with Gasteiger partial charge in [0.1, 0.15) is 0 Å². The van der Waals surface area contributed by atoms with E-state index in [9.17, 15) is 0 Å². The van der Waals surface area contributed by atoms with Crippen molar-refractivity contribution in [3.8, 4) is 0 Å². The summed E-state index contributed by atoms with van der Waals surface area (Å²) < 4.78 is 0. The summed E-state index contributed by atoms with van der Waals surface area (Å²) in [4.78, 5) is 2.84. The van der Waals surface area contributed by atoms with E-state index in [0.717, 1.165) is 29.8 Å². The molecule has 20 heavy (non-hydrogen) atoms. The number of hydrogen-bond donors (Lipinski definition) is 1. The standard InChI is InChI=1S/C18H34N2/c1-4-17-8-10-20(9-7-13(2)19-17)14(3)18-12-15-5-6-16(18)11-15/h13-19H,4-12H2,1-3H3. The van der Waals surface area contributed by atoms with Gasteiger partial charge in [-0.05, 0) is 83.2 Å². The van der Waals surface area contributed by atoms with Gasteiger partial charge in [-0.2, -0.15) is 0 Å². The molecule has 0 aromatic carbocycles. The van der Waals surface area contributed by atoms with Crippen molar-refractivity contribution in [2.45, 2.75) is 83.8 Å². The molecule has 2 nitrogen and oxygen atoms in total. The van der Waals surface area contributed by atoms with E-state index in [0.29, 0.717) is 6.04 Å². The maximum atomic E-state index is 3.80. The minimum absolute atomic E-state index is 0.690. The Labute approximate surface area is 125 Å². The van der Waals surface area contributed by atoms with Gasteiger partial charge in [-0.25, -0.2) is 0 Å². The summed E-state index contributed by atoms with van der Waals surface area (Å²) >= 11 is 0. The van der Waals surface area contributed by atoms with Crippen LogP contribution in [0, 0.1) is 17.8 Å². The van der Waals surface area contributed by atoms with E-state index in [4.69, 9.17) is 0 Å². The predicted octanol–water partition coefficient (Wildman–Crippen LogP) is 3.66. The van der Waals surface area contributed by atoms with E-state index in [-0.39, 0.29) is 0 Å². The summed E-state index contributed by atoms with van der Waals surface area (Å²) in [6.45, 7) is 9.85. The molecule has 3 fully saturated rings. The van der Waals surface area contributed by atoms with Gasteiger partial charge in [0.05, 0.1) is 0 Å². The highest BCUT2D eigenvalue weighted by molar-refractivity contribution is 4.95. The Kier molecular flexibility index (Phi) is 4.72. The van der Waals surface area contributed by atoms with Crippen LogP contribution < -0.4 is 5.32 Å². The Balaban J connectivity index is 1.60. The lowest BCUT2D eigenvalue weighted by molar-refractivity contribution is 0.101. The van der Waals surface area contributed by atoms with Crippen LogP contribution in [0.15, 0.2) is 0 Å². The SMILES string of the molecule is CCC1CCN(C(C)C2CC3CCC2C3)CCC(C)N1. The molecule has 1 aliphatic heterocycles. The van der Waals surface area contributed by atoms with Gasteiger partial charge in [0.2, 0.25) is 0 Å². The van der Waals surface area contributed by atoms with Crippen LogP contribution in [0.4, 0.5) is 0 Å². The van der Waals surface area contributed by atoms with Crippen LogP contribution in [0.2, 0.25) is 0 Å². The molecule has 2 heteroatoms. The van der Waals surface area contributed by atoms with E-state index < -0.39 is 0 Å². The highest BCUT2D eigenvalue weighted by atomic mass is 15.2. The first-order valence-electron chi connectivity index (χ1n) is 9.17. The quantitative estimate of drug-likeness (QED) is 0.847. The minimum Gasteiger partial charge on any atom is -0.311 e. The molecule has 0 amide bonds. The average molecular weight is 278 g/mol. The van der Waals surface area contributed by atoms with Gasteiger partial charge in [-0.3, -0.25) is 0 Å². The first-order chi connectivity index (χ1) is 9.67. The van der Waals surface area contributed by atoms with Gasteiger partial charge in [-0.1, -0.05) is 13.3 Å². The third kappa shape index (κ3) is 3.06. The molecule has 2 saturated carbocycles. The van der Waals surface area contributed by atoms with Crippen molar-refractivity contribution < 1.29 is 0 Å². The summed E-state index contributed by atoms with van der Waals surface area (Å²) in [5, 5.41) is 3.80. The first-order valence-corrected chi connectivity index (χ1v) is 9.17. The van der Waals surface area contributed by atoms with Crippen LogP contribution in [0.3, 0.4) is 0 Å². The van der Waals surface area contributed by atoms with Crippen LogP contribution in [0.5, 0.6) is 0 Å². The molecule has 3 aliphatic rings. The fourth-order valence-corrected chi connectivity index (χ4v) is 5.25. The molecule has 0 aromatic rings. The molecule has 0 spiro atoms. The minimum atomic E-state index is 0.690. The molecule has 116 valence electrons. The first kappa shape index (κ1) is 14.8. The van der Waals surface area contributed by atoms with Gasteiger partial charge in [-0.15, -0.1) is 0 Å². The van der Waals surface area contributed by atoms with Crippen LogP contribution >= 0.6 is 0 Å². The molecular formula is C18H34N2. The lowest BCUT2D eigenvalue weighted by Gasteiger charge is -2.40. The van der Waals surface area contributed by atoms with Crippen LogP contribution in [-0.2, 0) is 0 Å². The highest BCUT2D eigenvalue weighted by Crippen LogP contribution is 2.50. The van der Waals surface area contributed by atoms with Crippen molar-refractivity contribution in [1.82, 2.24) is 10.2 Å². The Morgan fingerprint density at radius 2 is 1.90 bits per heavy atom. The summed E-state index contributed by atoms with van der Waals surface area (Å²) in [6.07, 6.45) is 10.1. The van der Waals surface area contributed by atoms with E-state index in [2.05, 4.69) is 31.0 Å². The Morgan fingerprint density at radius 1 is 1.10 bits per heavy atom. The molecule has 2 bridgehead atoms. The zero-order valence-electron chi connectivity index (χ0n) is 13.8. The molecular weight excluding hydrogens is 244 g/mol. The van der Waals surface area contributed by atoms with E-state index in [1.165, 1.54) is 51.6 Å². The number of nitrogens with zero attached hydrogens (tertiary/aromatic N) is 1. The number of fused-ring (bicyclic) bond motifs is 2. The second-order valence-corrected chi connectivity index (χ2v) is 7.87. The van der Waals surface area contributed by atoms with Crippen LogP contribution in [0.25, 0.3) is 0 Å². The second kappa shape index (κ2) is 6.36. The fraction of sp³-hybridized carbons (Fsp3) is 1.00. The lowest BCUT2D eigenvalue weighted by Crippen LogP contribution is -2.48. The van der Waals surface area contributed by atoms with E-state index >= 15 is 0 Å². The van der Waals surface area contributed by atoms with Gasteiger partial charge < -0.3 is 10.2 Å². The Morgan fingerprint density at radius 3 is 2.55 bits per heavy atom. The zero-order chi connectivity index (χ0) is 14.1. The predicted molar refractivity (Wildman–Crippen MR) is 85.9 cm³/mol. The molecule has 1 heterocycles. The smallest absolute Gasteiger partial charge is 0.00979 e. The maximum absolute atomic E-state index is 3.80. The van der Waals surface area contributed by atoms with Gasteiger partial charge in [0.15, 0.2) is 0 Å². The Bertz CT molecular complexity index is 317. The molecule has 0 aromatic heterocycles. The summed E-state index contributed by atoms with van der Waals surface area (Å²) in [5.74, 6) is 3.17. The summed E-state index contributed by atoms with van der Waals surface area (Å²) in [5.41, 5.74) is 0. The van der Waals surface area contributed by atoms with Crippen LogP contribution in [0.1, 0.15) is 65.7 Å². The zero-order valence-corrected chi connectivity index (χ0v) is 13.8. The van der Waals surface area contributed by atoms with Crippen molar-refractivity contribution in [3.63, 3.8) is 0 Å². The van der Waals surface area contributed by atoms with Gasteiger partial charge >= 0.3 is 0 Å². The van der Waals surface area contributed by atoms with E-state index in [1.807, 2.05) is 0 Å². The van der Waals surface area contributed by atoms with Crippen molar-refractivity contribution >= 4 is 0 Å². The van der Waals surface area contributed by atoms with Gasteiger partial charge in [0.25, 0.3) is 0 Å². The summed E-state index contributed by atoms with van der Waals surface area (Å²) in [7, 11) is 0. The molecule has 6 unspecified atom stereocenters. The summed E-state index contributed by atoms with van der Waals surface area (Å²) in [6, 6.07) is 2.25. The molecule has 6 atom stereocenters. The van der Waals surface area contributed by atoms with Crippen molar-refractivity contribution in [1.29, 1.82) is 0 Å². The molecule has 2 aliphatic carbocycles. The Hall–Kier alpha value is -0.0800. The monoisotopic (exact) mass is 278 g/mol. The fourth-order valence-electron chi connectivity index (χ4n) is 5.25. The number of hydrogen-bond acceptors (Lipinski definition) is 2. The molecule has 3 rings (SSSR count). The van der Waals surface area contributed by atoms with E-state index in [1.54, 1.807) is 6.42 Å². The normalized spacial score (nSPS) is 44.2. The van der Waals surface area contributed by atoms with Crippen molar-refractivity contribution in [2.24, 2.45) is 17.8 Å². The van der Waals surface area contributed by atoms with Crippen LogP contribution in [-0.4, -0.2) is 36.1 Å². The van der Waals surface area contributed by atoms with Crippen molar-refractivity contribution in [2.75, 3.05) is 13.1 Å². The molecule has 0 radical (unpaired) electrons. The lowest BCUT2D eigenvalue weighted by atomic mass is 9.83.